The SMILES string of the molecule is C[Si](C)(C)C#C/C=C/CN.O=C(O)C(=O)O. The standard InChI is InChI=1S/C8H15NSi.C2H2O4/c1-10(2,3)8-6-4-5-7-9;3-1(4)2(5)6/h4-5H,7,9H2,1-3H3;(H,3,4)(H,5,6)/b5-4+;. The molecule has 0 saturated heterocycles. The first kappa shape index (κ1) is 16.8. The zero-order valence-corrected chi connectivity index (χ0v) is 10.7. The van der Waals surface area contributed by atoms with Crippen LogP contribution in [0.3, 0.4) is 0 Å². The Morgan fingerprint density at radius 2 is 1.69 bits per heavy atom. The predicted octanol–water partition coefficient (Wildman–Crippen LogP) is 0.538. The molecule has 0 aliphatic carbocycles. The first-order chi connectivity index (χ1) is 7.20. The summed E-state index contributed by atoms with van der Waals surface area (Å²) in [6.07, 6.45) is 3.70. The molecule has 0 aliphatic heterocycles. The lowest BCUT2D eigenvalue weighted by Gasteiger charge is -2.01. The maximum atomic E-state index is 9.10. The van der Waals surface area contributed by atoms with E-state index in [1.54, 1.807) is 0 Å². The van der Waals surface area contributed by atoms with Crippen molar-refractivity contribution in [3.05, 3.63) is 12.2 Å². The van der Waals surface area contributed by atoms with Crippen LogP contribution in [-0.2, 0) is 9.59 Å². The number of carbonyl (C=O) groups is 2. The lowest BCUT2D eigenvalue weighted by Crippen LogP contribution is -2.16. The number of allylic oxidation sites excluding steroid dienone is 1. The van der Waals surface area contributed by atoms with Gasteiger partial charge in [-0.3, -0.25) is 0 Å². The van der Waals surface area contributed by atoms with E-state index >= 15 is 0 Å². The second-order valence-electron chi connectivity index (χ2n) is 3.77. The van der Waals surface area contributed by atoms with Gasteiger partial charge in [-0.2, -0.15) is 0 Å². The van der Waals surface area contributed by atoms with Crippen LogP contribution in [0.15, 0.2) is 12.2 Å². The summed E-state index contributed by atoms with van der Waals surface area (Å²) in [6, 6.07) is 0. The fraction of sp³-hybridized carbons (Fsp3) is 0.400. The van der Waals surface area contributed by atoms with Crippen LogP contribution in [0.5, 0.6) is 0 Å². The summed E-state index contributed by atoms with van der Waals surface area (Å²) in [5, 5.41) is 14.8. The molecule has 0 radical (unpaired) electrons. The highest BCUT2D eigenvalue weighted by atomic mass is 28.3. The van der Waals surface area contributed by atoms with Gasteiger partial charge in [0, 0.05) is 6.54 Å². The first-order valence-electron chi connectivity index (χ1n) is 4.54. The van der Waals surface area contributed by atoms with Gasteiger partial charge in [-0.15, -0.1) is 5.54 Å². The highest BCUT2D eigenvalue weighted by Crippen LogP contribution is 1.95. The largest absolute Gasteiger partial charge is 0.473 e. The maximum absolute atomic E-state index is 9.10. The minimum absolute atomic E-state index is 0.584. The lowest BCUT2D eigenvalue weighted by atomic mass is 10.5. The maximum Gasteiger partial charge on any atom is 0.414 e. The van der Waals surface area contributed by atoms with Crippen LogP contribution in [0.1, 0.15) is 0 Å². The van der Waals surface area contributed by atoms with E-state index < -0.39 is 20.0 Å². The van der Waals surface area contributed by atoms with Crippen molar-refractivity contribution in [2.24, 2.45) is 5.73 Å². The van der Waals surface area contributed by atoms with Crippen LogP contribution in [0.2, 0.25) is 19.6 Å². The third-order valence-electron chi connectivity index (χ3n) is 0.967. The van der Waals surface area contributed by atoms with Crippen LogP contribution in [0, 0.1) is 11.5 Å². The highest BCUT2D eigenvalue weighted by Gasteiger charge is 2.06. The lowest BCUT2D eigenvalue weighted by molar-refractivity contribution is -0.159. The molecule has 0 heterocycles. The number of carboxylic acid groups (broad SMARTS) is 2. The Morgan fingerprint density at radius 1 is 1.25 bits per heavy atom. The second-order valence-corrected chi connectivity index (χ2v) is 8.52. The van der Waals surface area contributed by atoms with Gasteiger partial charge in [-0.25, -0.2) is 9.59 Å². The van der Waals surface area contributed by atoms with Crippen molar-refractivity contribution in [1.29, 1.82) is 0 Å². The van der Waals surface area contributed by atoms with E-state index in [0.29, 0.717) is 6.54 Å². The summed E-state index contributed by atoms with van der Waals surface area (Å²) in [5.41, 5.74) is 8.44. The molecule has 0 spiro atoms. The van der Waals surface area contributed by atoms with Crippen molar-refractivity contribution in [2.45, 2.75) is 19.6 Å². The summed E-state index contributed by atoms with van der Waals surface area (Å²) in [7, 11) is -1.16. The van der Waals surface area contributed by atoms with Crippen molar-refractivity contribution in [2.75, 3.05) is 6.54 Å². The number of hydrogen-bond donors (Lipinski definition) is 3. The zero-order valence-electron chi connectivity index (χ0n) is 9.65. The average Bonchev–Trinajstić information content (AvgIpc) is 2.12. The monoisotopic (exact) mass is 243 g/mol. The van der Waals surface area contributed by atoms with Gasteiger partial charge in [0.25, 0.3) is 0 Å². The van der Waals surface area contributed by atoms with Gasteiger partial charge in [-0.05, 0) is 6.08 Å². The molecule has 0 aromatic heterocycles. The molecular formula is C10H17NO4Si. The van der Waals surface area contributed by atoms with Crippen molar-refractivity contribution in [3.63, 3.8) is 0 Å². The van der Waals surface area contributed by atoms with Gasteiger partial charge in [0.15, 0.2) is 0 Å². The molecule has 16 heavy (non-hydrogen) atoms. The Morgan fingerprint density at radius 3 is 1.94 bits per heavy atom. The molecule has 0 saturated carbocycles. The van der Waals surface area contributed by atoms with Gasteiger partial charge in [0.05, 0.1) is 0 Å². The number of rotatable bonds is 1. The van der Waals surface area contributed by atoms with E-state index in [1.165, 1.54) is 0 Å². The fourth-order valence-electron chi connectivity index (χ4n) is 0.385. The molecule has 6 heteroatoms. The minimum atomic E-state index is -1.82. The normalized spacial score (nSPS) is 9.75. The van der Waals surface area contributed by atoms with Crippen LogP contribution in [-0.4, -0.2) is 36.8 Å². The Bertz CT molecular complexity index is 308. The van der Waals surface area contributed by atoms with Gasteiger partial charge >= 0.3 is 11.9 Å². The van der Waals surface area contributed by atoms with E-state index in [9.17, 15) is 0 Å². The van der Waals surface area contributed by atoms with E-state index in [4.69, 9.17) is 25.5 Å². The third kappa shape index (κ3) is 18.3. The molecule has 0 unspecified atom stereocenters. The number of nitrogens with two attached hydrogens (primary N) is 1. The van der Waals surface area contributed by atoms with Crippen molar-refractivity contribution < 1.29 is 19.8 Å². The summed E-state index contributed by atoms with van der Waals surface area (Å²) >= 11 is 0. The zero-order chi connectivity index (χ0) is 13.2. The van der Waals surface area contributed by atoms with E-state index in [-0.39, 0.29) is 0 Å². The summed E-state index contributed by atoms with van der Waals surface area (Å²) in [6.45, 7) is 7.24. The van der Waals surface area contributed by atoms with Crippen LogP contribution in [0.25, 0.3) is 0 Å². The molecule has 0 amide bonds. The highest BCUT2D eigenvalue weighted by molar-refractivity contribution is 6.83. The van der Waals surface area contributed by atoms with Crippen molar-refractivity contribution in [1.82, 2.24) is 0 Å². The third-order valence-corrected chi connectivity index (χ3v) is 1.86. The fourth-order valence-corrected chi connectivity index (χ4v) is 0.901. The van der Waals surface area contributed by atoms with Gasteiger partial charge < -0.3 is 15.9 Å². The molecule has 90 valence electrons. The molecule has 0 atom stereocenters. The second kappa shape index (κ2) is 8.70. The van der Waals surface area contributed by atoms with Crippen LogP contribution < -0.4 is 5.73 Å². The summed E-state index contributed by atoms with van der Waals surface area (Å²) in [5.74, 6) is -0.671. The molecule has 0 bridgehead atoms. The van der Waals surface area contributed by atoms with E-state index in [1.807, 2.05) is 12.2 Å². The predicted molar refractivity (Wildman–Crippen MR) is 64.6 cm³/mol. The minimum Gasteiger partial charge on any atom is -0.473 e. The van der Waals surface area contributed by atoms with E-state index in [0.717, 1.165) is 0 Å². The van der Waals surface area contributed by atoms with Gasteiger partial charge in [0.1, 0.15) is 8.07 Å². The number of hydrogen-bond acceptors (Lipinski definition) is 3. The Hall–Kier alpha value is -1.58. The van der Waals surface area contributed by atoms with Crippen LogP contribution >= 0.6 is 0 Å². The quantitative estimate of drug-likeness (QED) is 0.354. The molecule has 0 rings (SSSR count). The average molecular weight is 243 g/mol. The molecule has 4 N–H and O–H groups in total. The Kier molecular flexibility index (Phi) is 9.16. The van der Waals surface area contributed by atoms with Crippen molar-refractivity contribution in [3.8, 4) is 11.5 Å². The number of aliphatic carboxylic acids is 2. The first-order valence-corrected chi connectivity index (χ1v) is 8.04. The summed E-state index contributed by atoms with van der Waals surface area (Å²) in [4.78, 5) is 18.2. The van der Waals surface area contributed by atoms with Crippen molar-refractivity contribution >= 4 is 20.0 Å². The van der Waals surface area contributed by atoms with Gasteiger partial charge in [-0.1, -0.05) is 31.6 Å². The summed E-state index contributed by atoms with van der Waals surface area (Å²) < 4.78 is 0. The Labute approximate surface area is 96.0 Å². The molecular weight excluding hydrogens is 226 g/mol. The molecule has 0 aliphatic rings. The Balaban J connectivity index is 0. The molecule has 0 fully saturated rings. The smallest absolute Gasteiger partial charge is 0.414 e. The van der Waals surface area contributed by atoms with Gasteiger partial charge in [0.2, 0.25) is 0 Å². The topological polar surface area (TPSA) is 101 Å². The van der Waals surface area contributed by atoms with Crippen LogP contribution in [0.4, 0.5) is 0 Å². The molecule has 5 nitrogen and oxygen atoms in total. The number of carboxylic acids is 2. The molecule has 0 aromatic rings. The molecule has 0 aromatic carbocycles. The van der Waals surface area contributed by atoms with E-state index in [2.05, 4.69) is 31.1 Å².